The molecule has 0 spiro atoms. The smallest absolute Gasteiger partial charge is 0.124 e. The summed E-state index contributed by atoms with van der Waals surface area (Å²) in [5, 5.41) is 4.68. The van der Waals surface area contributed by atoms with Crippen molar-refractivity contribution >= 4 is 23.2 Å². The molecular formula is C15H15Cl2NO. The lowest BCUT2D eigenvalue weighted by atomic mass is 9.98. The molecule has 2 nitrogen and oxygen atoms in total. The molecule has 1 N–H and O–H groups in total. The molecule has 0 heterocycles. The normalized spacial score (nSPS) is 12.2. The lowest BCUT2D eigenvalue weighted by Crippen LogP contribution is -2.18. The van der Waals surface area contributed by atoms with E-state index in [1.54, 1.807) is 7.11 Å². The summed E-state index contributed by atoms with van der Waals surface area (Å²) in [6.07, 6.45) is 0. The molecule has 0 aromatic heterocycles. The highest BCUT2D eigenvalue weighted by molar-refractivity contribution is 6.31. The molecule has 0 saturated heterocycles. The molecule has 2 aromatic carbocycles. The number of ether oxygens (including phenoxy) is 1. The van der Waals surface area contributed by atoms with E-state index in [-0.39, 0.29) is 6.04 Å². The van der Waals surface area contributed by atoms with Crippen molar-refractivity contribution in [2.24, 2.45) is 0 Å². The van der Waals surface area contributed by atoms with Gasteiger partial charge in [-0.2, -0.15) is 0 Å². The third-order valence-electron chi connectivity index (χ3n) is 2.99. The van der Waals surface area contributed by atoms with E-state index in [9.17, 15) is 0 Å². The van der Waals surface area contributed by atoms with E-state index in [1.807, 2.05) is 49.5 Å². The number of halogens is 2. The predicted molar refractivity (Wildman–Crippen MR) is 80.4 cm³/mol. The Morgan fingerprint density at radius 3 is 2.21 bits per heavy atom. The fraction of sp³-hybridized carbons (Fsp3) is 0.200. The third-order valence-corrected chi connectivity index (χ3v) is 3.48. The van der Waals surface area contributed by atoms with Gasteiger partial charge in [-0.3, -0.25) is 0 Å². The van der Waals surface area contributed by atoms with Crippen LogP contribution in [0.1, 0.15) is 17.2 Å². The standard InChI is InChI=1S/C15H15Cl2NO/c1-18-15(10-3-5-11(16)6-4-10)13-9-12(17)7-8-14(13)19-2/h3-9,15,18H,1-2H3. The van der Waals surface area contributed by atoms with E-state index in [4.69, 9.17) is 27.9 Å². The first-order valence-corrected chi connectivity index (χ1v) is 6.67. The molecule has 19 heavy (non-hydrogen) atoms. The zero-order valence-electron chi connectivity index (χ0n) is 10.8. The lowest BCUT2D eigenvalue weighted by Gasteiger charge is -2.20. The molecular weight excluding hydrogens is 281 g/mol. The van der Waals surface area contributed by atoms with E-state index in [0.29, 0.717) is 5.02 Å². The van der Waals surface area contributed by atoms with Gasteiger partial charge in [0.1, 0.15) is 5.75 Å². The van der Waals surface area contributed by atoms with Gasteiger partial charge in [-0.05, 0) is 42.9 Å². The van der Waals surface area contributed by atoms with E-state index in [2.05, 4.69) is 5.32 Å². The molecule has 0 radical (unpaired) electrons. The molecule has 1 unspecified atom stereocenters. The first-order chi connectivity index (χ1) is 9.15. The summed E-state index contributed by atoms with van der Waals surface area (Å²) < 4.78 is 5.40. The minimum atomic E-state index is 0.00548. The van der Waals surface area contributed by atoms with Crippen LogP contribution in [-0.2, 0) is 0 Å². The number of nitrogens with one attached hydrogen (secondary N) is 1. The van der Waals surface area contributed by atoms with E-state index < -0.39 is 0 Å². The van der Waals surface area contributed by atoms with Gasteiger partial charge in [-0.1, -0.05) is 35.3 Å². The molecule has 0 saturated carbocycles. The Morgan fingerprint density at radius 1 is 1.00 bits per heavy atom. The van der Waals surface area contributed by atoms with Gasteiger partial charge in [0.15, 0.2) is 0 Å². The summed E-state index contributed by atoms with van der Waals surface area (Å²) in [7, 11) is 3.56. The van der Waals surface area contributed by atoms with Crippen molar-refractivity contribution in [2.45, 2.75) is 6.04 Å². The molecule has 0 fully saturated rings. The van der Waals surface area contributed by atoms with Crippen LogP contribution in [0, 0.1) is 0 Å². The van der Waals surface area contributed by atoms with Crippen LogP contribution in [-0.4, -0.2) is 14.2 Å². The average Bonchev–Trinajstić information content (AvgIpc) is 2.42. The molecule has 0 amide bonds. The van der Waals surface area contributed by atoms with Crippen molar-refractivity contribution in [2.75, 3.05) is 14.2 Å². The molecule has 1 atom stereocenters. The van der Waals surface area contributed by atoms with E-state index in [0.717, 1.165) is 21.9 Å². The zero-order valence-corrected chi connectivity index (χ0v) is 12.3. The number of hydrogen-bond donors (Lipinski definition) is 1. The number of hydrogen-bond acceptors (Lipinski definition) is 2. The summed E-state index contributed by atoms with van der Waals surface area (Å²) in [4.78, 5) is 0. The Kier molecular flexibility index (Phi) is 4.70. The highest BCUT2D eigenvalue weighted by Gasteiger charge is 2.16. The van der Waals surface area contributed by atoms with Gasteiger partial charge < -0.3 is 10.1 Å². The molecule has 0 aliphatic carbocycles. The predicted octanol–water partition coefficient (Wildman–Crippen LogP) is 4.31. The van der Waals surface area contributed by atoms with Crippen LogP contribution >= 0.6 is 23.2 Å². The van der Waals surface area contributed by atoms with Crippen molar-refractivity contribution < 1.29 is 4.74 Å². The maximum absolute atomic E-state index is 6.08. The minimum Gasteiger partial charge on any atom is -0.496 e. The first kappa shape index (κ1) is 14.2. The van der Waals surface area contributed by atoms with Crippen LogP contribution in [0.3, 0.4) is 0 Å². The van der Waals surface area contributed by atoms with Crippen molar-refractivity contribution in [1.29, 1.82) is 0 Å². The SMILES string of the molecule is CNC(c1ccc(Cl)cc1)c1cc(Cl)ccc1OC. The lowest BCUT2D eigenvalue weighted by molar-refractivity contribution is 0.405. The first-order valence-electron chi connectivity index (χ1n) is 5.92. The Balaban J connectivity index is 2.47. The maximum Gasteiger partial charge on any atom is 0.124 e. The summed E-state index contributed by atoms with van der Waals surface area (Å²) in [6, 6.07) is 13.3. The van der Waals surface area contributed by atoms with Crippen molar-refractivity contribution in [3.8, 4) is 5.75 Å². The summed E-state index contributed by atoms with van der Waals surface area (Å²) in [6.45, 7) is 0. The fourth-order valence-corrected chi connectivity index (χ4v) is 2.39. The highest BCUT2D eigenvalue weighted by atomic mass is 35.5. The second kappa shape index (κ2) is 6.29. The van der Waals surface area contributed by atoms with Crippen molar-refractivity contribution in [3.05, 3.63) is 63.6 Å². The Morgan fingerprint density at radius 2 is 1.63 bits per heavy atom. The second-order valence-corrected chi connectivity index (χ2v) is 5.03. The summed E-state index contributed by atoms with van der Waals surface area (Å²) in [5.41, 5.74) is 2.10. The fourth-order valence-electron chi connectivity index (χ4n) is 2.09. The largest absolute Gasteiger partial charge is 0.496 e. The van der Waals surface area contributed by atoms with Gasteiger partial charge in [0.2, 0.25) is 0 Å². The molecule has 100 valence electrons. The molecule has 4 heteroatoms. The molecule has 0 aliphatic heterocycles. The highest BCUT2D eigenvalue weighted by Crippen LogP contribution is 2.32. The molecule has 0 aliphatic rings. The topological polar surface area (TPSA) is 21.3 Å². The Bertz CT molecular complexity index is 555. The van der Waals surface area contributed by atoms with Crippen LogP contribution in [0.2, 0.25) is 10.0 Å². The number of rotatable bonds is 4. The average molecular weight is 296 g/mol. The summed E-state index contributed by atoms with van der Waals surface area (Å²) >= 11 is 12.0. The van der Waals surface area contributed by atoms with Gasteiger partial charge in [0.25, 0.3) is 0 Å². The van der Waals surface area contributed by atoms with Crippen LogP contribution in [0.4, 0.5) is 0 Å². The molecule has 2 rings (SSSR count). The second-order valence-electron chi connectivity index (χ2n) is 4.16. The molecule has 2 aromatic rings. The van der Waals surface area contributed by atoms with Crippen LogP contribution in [0.15, 0.2) is 42.5 Å². The van der Waals surface area contributed by atoms with Gasteiger partial charge >= 0.3 is 0 Å². The van der Waals surface area contributed by atoms with Gasteiger partial charge in [0, 0.05) is 15.6 Å². The monoisotopic (exact) mass is 295 g/mol. The molecule has 0 bridgehead atoms. The maximum atomic E-state index is 6.08. The summed E-state index contributed by atoms with van der Waals surface area (Å²) in [5.74, 6) is 0.804. The van der Waals surface area contributed by atoms with Gasteiger partial charge in [-0.25, -0.2) is 0 Å². The van der Waals surface area contributed by atoms with E-state index >= 15 is 0 Å². The van der Waals surface area contributed by atoms with Gasteiger partial charge in [0.05, 0.1) is 13.2 Å². The van der Waals surface area contributed by atoms with Crippen molar-refractivity contribution in [3.63, 3.8) is 0 Å². The number of benzene rings is 2. The zero-order chi connectivity index (χ0) is 13.8. The van der Waals surface area contributed by atoms with Crippen molar-refractivity contribution in [1.82, 2.24) is 5.32 Å². The quantitative estimate of drug-likeness (QED) is 0.907. The van der Waals surface area contributed by atoms with Crippen LogP contribution in [0.5, 0.6) is 5.75 Å². The van der Waals surface area contributed by atoms with Gasteiger partial charge in [-0.15, -0.1) is 0 Å². The third kappa shape index (κ3) is 3.21. The minimum absolute atomic E-state index is 0.00548. The van der Waals surface area contributed by atoms with Crippen LogP contribution in [0.25, 0.3) is 0 Å². The Labute approximate surface area is 123 Å². The number of methoxy groups -OCH3 is 1. The van der Waals surface area contributed by atoms with E-state index in [1.165, 1.54) is 0 Å². The van der Waals surface area contributed by atoms with Crippen LogP contribution < -0.4 is 10.1 Å². The Hall–Kier alpha value is -1.22.